The summed E-state index contributed by atoms with van der Waals surface area (Å²) in [5.74, 6) is 0.246. The largest absolute Gasteiger partial charge is 0.469 e. The summed E-state index contributed by atoms with van der Waals surface area (Å²) in [6, 6.07) is 7.08. The van der Waals surface area contributed by atoms with Gasteiger partial charge in [0.2, 0.25) is 15.9 Å². The number of furan rings is 1. The van der Waals surface area contributed by atoms with Crippen molar-refractivity contribution in [3.8, 4) is 0 Å². The summed E-state index contributed by atoms with van der Waals surface area (Å²) in [7, 11) is -3.67. The van der Waals surface area contributed by atoms with E-state index in [0.717, 1.165) is 30.6 Å². The van der Waals surface area contributed by atoms with Crippen molar-refractivity contribution in [3.63, 3.8) is 0 Å². The fraction of sp³-hybridized carbons (Fsp3) is 0.267. The first-order chi connectivity index (χ1) is 10.5. The summed E-state index contributed by atoms with van der Waals surface area (Å²) >= 11 is 0. The highest BCUT2D eigenvalue weighted by molar-refractivity contribution is 7.89. The number of nitrogens with one attached hydrogen (secondary N) is 1. The number of rotatable bonds is 4. The number of nitrogens with two attached hydrogens (primary N) is 1. The van der Waals surface area contributed by atoms with Crippen LogP contribution in [0, 0.1) is 0 Å². The lowest BCUT2D eigenvalue weighted by molar-refractivity contribution is 0.1000. The molecule has 0 aliphatic heterocycles. The highest BCUT2D eigenvalue weighted by Gasteiger charge is 2.27. The first-order valence-corrected chi connectivity index (χ1v) is 8.44. The number of benzene rings is 1. The highest BCUT2D eigenvalue weighted by Crippen LogP contribution is 2.31. The summed E-state index contributed by atoms with van der Waals surface area (Å²) in [6.07, 6.45) is 4.01. The minimum atomic E-state index is -3.67. The van der Waals surface area contributed by atoms with E-state index >= 15 is 0 Å². The van der Waals surface area contributed by atoms with Crippen molar-refractivity contribution < 1.29 is 17.6 Å². The minimum absolute atomic E-state index is 0.105. The molecule has 1 atom stereocenters. The molecular formula is C15H16N2O4S. The van der Waals surface area contributed by atoms with E-state index in [0.29, 0.717) is 0 Å². The van der Waals surface area contributed by atoms with Crippen molar-refractivity contribution in [1.82, 2.24) is 4.72 Å². The molecule has 0 saturated heterocycles. The second kappa shape index (κ2) is 5.58. The third-order valence-electron chi connectivity index (χ3n) is 3.80. The van der Waals surface area contributed by atoms with Gasteiger partial charge in [0.15, 0.2) is 0 Å². The average molecular weight is 320 g/mol. The van der Waals surface area contributed by atoms with Crippen LogP contribution >= 0.6 is 0 Å². The first kappa shape index (κ1) is 14.8. The van der Waals surface area contributed by atoms with E-state index in [2.05, 4.69) is 4.72 Å². The Hall–Kier alpha value is -2.12. The molecule has 0 fully saturated rings. The van der Waals surface area contributed by atoms with Crippen LogP contribution in [-0.4, -0.2) is 14.3 Å². The normalized spacial score (nSPS) is 17.9. The maximum Gasteiger partial charge on any atom is 0.248 e. The zero-order chi connectivity index (χ0) is 15.7. The Bertz CT molecular complexity index is 793. The zero-order valence-electron chi connectivity index (χ0n) is 11.8. The third-order valence-corrected chi connectivity index (χ3v) is 5.29. The molecule has 7 heteroatoms. The summed E-state index contributed by atoms with van der Waals surface area (Å²) in [4.78, 5) is 11.1. The molecule has 3 rings (SSSR count). The summed E-state index contributed by atoms with van der Waals surface area (Å²) in [6.45, 7) is 0. The summed E-state index contributed by atoms with van der Waals surface area (Å²) < 4.78 is 33.0. The first-order valence-electron chi connectivity index (χ1n) is 6.96. The smallest absolute Gasteiger partial charge is 0.248 e. The maximum atomic E-state index is 12.5. The Labute approximate surface area is 128 Å². The lowest BCUT2D eigenvalue weighted by Gasteiger charge is -2.22. The van der Waals surface area contributed by atoms with E-state index in [1.54, 1.807) is 12.3 Å². The summed E-state index contributed by atoms with van der Waals surface area (Å²) in [5.41, 5.74) is 6.31. The lowest BCUT2D eigenvalue weighted by atomic mass is 9.94. The predicted octanol–water partition coefficient (Wildman–Crippen LogP) is 1.73. The van der Waals surface area contributed by atoms with Crippen molar-refractivity contribution in [2.75, 3.05) is 0 Å². The molecule has 1 aliphatic rings. The molecule has 0 radical (unpaired) electrons. The molecule has 1 aliphatic carbocycles. The average Bonchev–Trinajstić information content (AvgIpc) is 2.96. The van der Waals surface area contributed by atoms with Crippen LogP contribution in [0.15, 0.2) is 45.9 Å². The highest BCUT2D eigenvalue weighted by atomic mass is 32.2. The van der Waals surface area contributed by atoms with Crippen LogP contribution in [0.5, 0.6) is 0 Å². The van der Waals surface area contributed by atoms with Crippen LogP contribution in [0.3, 0.4) is 0 Å². The standard InChI is InChI=1S/C15H16N2O4S/c16-15(18)10-4-6-11(7-5-10)22(19,20)17-13-2-1-3-14-12(13)8-9-21-14/h4-9,13,17H,1-3H2,(H2,16,18). The molecule has 1 amide bonds. The Morgan fingerprint density at radius 2 is 1.95 bits per heavy atom. The topological polar surface area (TPSA) is 102 Å². The fourth-order valence-electron chi connectivity index (χ4n) is 2.66. The molecule has 0 bridgehead atoms. The van der Waals surface area contributed by atoms with Gasteiger partial charge in [-0.1, -0.05) is 0 Å². The SMILES string of the molecule is NC(=O)c1ccc(S(=O)(=O)NC2CCCc3occc32)cc1. The molecule has 1 aromatic heterocycles. The van der Waals surface area contributed by atoms with Crippen LogP contribution in [0.4, 0.5) is 0 Å². The van der Waals surface area contributed by atoms with Crippen molar-refractivity contribution in [2.45, 2.75) is 30.2 Å². The molecular weight excluding hydrogens is 304 g/mol. The Kier molecular flexibility index (Phi) is 3.76. The molecule has 22 heavy (non-hydrogen) atoms. The molecule has 3 N–H and O–H groups in total. The van der Waals surface area contributed by atoms with Gasteiger partial charge < -0.3 is 10.2 Å². The van der Waals surface area contributed by atoms with Crippen LogP contribution in [0.25, 0.3) is 0 Å². The predicted molar refractivity (Wildman–Crippen MR) is 79.7 cm³/mol. The molecule has 0 saturated carbocycles. The second-order valence-corrected chi connectivity index (χ2v) is 6.97. The Morgan fingerprint density at radius 3 is 2.64 bits per heavy atom. The van der Waals surface area contributed by atoms with Gasteiger partial charge >= 0.3 is 0 Å². The van der Waals surface area contributed by atoms with Gasteiger partial charge in [0.1, 0.15) is 5.76 Å². The molecule has 0 spiro atoms. The number of primary amides is 1. The van der Waals surface area contributed by atoms with Crippen molar-refractivity contribution in [2.24, 2.45) is 5.73 Å². The van der Waals surface area contributed by atoms with Gasteiger partial charge in [-0.05, 0) is 43.2 Å². The van der Waals surface area contributed by atoms with E-state index in [9.17, 15) is 13.2 Å². The summed E-state index contributed by atoms with van der Waals surface area (Å²) in [5, 5.41) is 0. The monoisotopic (exact) mass is 320 g/mol. The molecule has 1 unspecified atom stereocenters. The van der Waals surface area contributed by atoms with Gasteiger partial charge in [-0.15, -0.1) is 0 Å². The van der Waals surface area contributed by atoms with Crippen LogP contribution in [0.2, 0.25) is 0 Å². The van der Waals surface area contributed by atoms with E-state index in [4.69, 9.17) is 10.2 Å². The van der Waals surface area contributed by atoms with Gasteiger partial charge in [0.05, 0.1) is 17.2 Å². The lowest BCUT2D eigenvalue weighted by Crippen LogP contribution is -2.30. The van der Waals surface area contributed by atoms with Crippen molar-refractivity contribution in [1.29, 1.82) is 0 Å². The maximum absolute atomic E-state index is 12.5. The van der Waals surface area contributed by atoms with Gasteiger partial charge in [-0.25, -0.2) is 13.1 Å². The second-order valence-electron chi connectivity index (χ2n) is 5.25. The number of amides is 1. The van der Waals surface area contributed by atoms with Crippen LogP contribution in [-0.2, 0) is 16.4 Å². The van der Waals surface area contributed by atoms with Crippen LogP contribution < -0.4 is 10.5 Å². The van der Waals surface area contributed by atoms with Gasteiger partial charge in [-0.3, -0.25) is 4.79 Å². The number of carbonyl (C=O) groups is 1. The Morgan fingerprint density at radius 1 is 1.23 bits per heavy atom. The van der Waals surface area contributed by atoms with Crippen LogP contribution in [0.1, 0.15) is 40.6 Å². The number of fused-ring (bicyclic) bond motifs is 1. The molecule has 1 heterocycles. The molecule has 1 aromatic carbocycles. The number of hydrogen-bond acceptors (Lipinski definition) is 4. The van der Waals surface area contributed by atoms with Gasteiger partial charge in [0.25, 0.3) is 0 Å². The minimum Gasteiger partial charge on any atom is -0.469 e. The number of carbonyl (C=O) groups excluding carboxylic acids is 1. The molecule has 6 nitrogen and oxygen atoms in total. The Balaban J connectivity index is 1.84. The van der Waals surface area contributed by atoms with Crippen molar-refractivity contribution in [3.05, 3.63) is 53.5 Å². The molecule has 2 aromatic rings. The fourth-order valence-corrected chi connectivity index (χ4v) is 3.91. The van der Waals surface area contributed by atoms with Gasteiger partial charge in [-0.2, -0.15) is 0 Å². The van der Waals surface area contributed by atoms with Crippen molar-refractivity contribution >= 4 is 15.9 Å². The number of sulfonamides is 1. The zero-order valence-corrected chi connectivity index (χ0v) is 12.6. The van der Waals surface area contributed by atoms with E-state index < -0.39 is 15.9 Å². The quantitative estimate of drug-likeness (QED) is 0.895. The van der Waals surface area contributed by atoms with E-state index in [1.165, 1.54) is 24.3 Å². The molecule has 116 valence electrons. The number of hydrogen-bond donors (Lipinski definition) is 2. The van der Waals surface area contributed by atoms with E-state index in [1.807, 2.05) is 0 Å². The van der Waals surface area contributed by atoms with Gasteiger partial charge in [0, 0.05) is 17.5 Å². The third kappa shape index (κ3) is 2.77. The van der Waals surface area contributed by atoms with E-state index in [-0.39, 0.29) is 16.5 Å². The number of aryl methyl sites for hydroxylation is 1.